The number of nitrogens with one attached hydrogen (secondary N) is 2. The van der Waals surface area contributed by atoms with Crippen LogP contribution in [0.1, 0.15) is 82.3 Å². The quantitative estimate of drug-likeness (QED) is 0.824. The Balaban J connectivity index is 1.72. The summed E-state index contributed by atoms with van der Waals surface area (Å²) in [6.45, 7) is 4.15. The molecule has 0 bridgehead atoms. The third kappa shape index (κ3) is 2.73. The van der Waals surface area contributed by atoms with E-state index in [1.807, 2.05) is 12.1 Å². The van der Waals surface area contributed by atoms with Crippen LogP contribution in [0.2, 0.25) is 0 Å². The highest BCUT2D eigenvalue weighted by Crippen LogP contribution is 2.53. The molecule has 1 heterocycles. The normalized spacial score (nSPS) is 22.2. The summed E-state index contributed by atoms with van der Waals surface area (Å²) in [5, 5.41) is 2.78. The van der Waals surface area contributed by atoms with Gasteiger partial charge in [0.05, 0.1) is 10.7 Å². The molecule has 26 heavy (non-hydrogen) atoms. The van der Waals surface area contributed by atoms with E-state index in [0.29, 0.717) is 5.69 Å². The summed E-state index contributed by atoms with van der Waals surface area (Å²) >= 11 is 0. The monoisotopic (exact) mass is 376 g/mol. The minimum Gasteiger partial charge on any atom is -0.325 e. The number of fused-ring (bicyclic) bond motifs is 2. The Kier molecular flexibility index (Phi) is 4.29. The van der Waals surface area contributed by atoms with E-state index >= 15 is 0 Å². The summed E-state index contributed by atoms with van der Waals surface area (Å²) in [7, 11) is -3.39. The van der Waals surface area contributed by atoms with Crippen molar-refractivity contribution in [3.05, 3.63) is 23.3 Å². The van der Waals surface area contributed by atoms with Gasteiger partial charge in [-0.05, 0) is 54.9 Å². The fourth-order valence-electron chi connectivity index (χ4n) is 4.70. The third-order valence-corrected chi connectivity index (χ3v) is 8.31. The summed E-state index contributed by atoms with van der Waals surface area (Å²) in [5.74, 6) is 0.284. The summed E-state index contributed by atoms with van der Waals surface area (Å²) in [4.78, 5) is 12.6. The Morgan fingerprint density at radius 3 is 2.38 bits per heavy atom. The van der Waals surface area contributed by atoms with E-state index in [1.54, 1.807) is 0 Å². The van der Waals surface area contributed by atoms with Gasteiger partial charge in [-0.25, -0.2) is 8.42 Å². The highest BCUT2D eigenvalue weighted by atomic mass is 32.2. The lowest BCUT2D eigenvalue weighted by molar-refractivity contribution is -0.123. The van der Waals surface area contributed by atoms with Crippen molar-refractivity contribution < 1.29 is 13.2 Å². The number of benzene rings is 1. The molecule has 2 saturated carbocycles. The molecule has 1 aliphatic heterocycles. The lowest BCUT2D eigenvalue weighted by Gasteiger charge is -2.36. The summed E-state index contributed by atoms with van der Waals surface area (Å²) in [5.41, 5.74) is 3.08. The number of rotatable bonds is 4. The van der Waals surface area contributed by atoms with Gasteiger partial charge in [0.2, 0.25) is 15.9 Å². The van der Waals surface area contributed by atoms with Gasteiger partial charge in [-0.2, -0.15) is 0 Å². The standard InChI is InChI=1S/C20H28N2O3S/c1-13(2)16-11-14(22-26(24,25)15-7-4-3-5-8-15)12-17-18(16)21-19(23)20(17)9-6-10-20/h11-13,15,22H,3-10H2,1-2H3,(H,21,23). The van der Waals surface area contributed by atoms with Crippen molar-refractivity contribution in [1.29, 1.82) is 0 Å². The molecule has 4 rings (SSSR count). The van der Waals surface area contributed by atoms with E-state index in [4.69, 9.17) is 0 Å². The maximum absolute atomic E-state index is 12.9. The van der Waals surface area contributed by atoms with E-state index in [1.165, 1.54) is 0 Å². The topological polar surface area (TPSA) is 75.3 Å². The number of carbonyl (C=O) groups excluding carboxylic acids is 1. The van der Waals surface area contributed by atoms with Gasteiger partial charge in [-0.15, -0.1) is 0 Å². The molecule has 1 aromatic carbocycles. The van der Waals surface area contributed by atoms with E-state index in [-0.39, 0.29) is 17.1 Å². The van der Waals surface area contributed by atoms with Crippen LogP contribution in [0.25, 0.3) is 0 Å². The van der Waals surface area contributed by atoms with Crippen molar-refractivity contribution in [2.75, 3.05) is 10.0 Å². The van der Waals surface area contributed by atoms with Crippen molar-refractivity contribution in [3.8, 4) is 0 Å². The average Bonchev–Trinajstić information content (AvgIpc) is 2.86. The smallest absolute Gasteiger partial charge is 0.235 e. The van der Waals surface area contributed by atoms with Crippen LogP contribution in [-0.4, -0.2) is 19.6 Å². The summed E-state index contributed by atoms with van der Waals surface area (Å²) in [6.07, 6.45) is 7.30. The molecule has 0 unspecified atom stereocenters. The van der Waals surface area contributed by atoms with Gasteiger partial charge >= 0.3 is 0 Å². The largest absolute Gasteiger partial charge is 0.325 e. The minimum atomic E-state index is -3.39. The lowest BCUT2D eigenvalue weighted by atomic mass is 9.65. The highest BCUT2D eigenvalue weighted by Gasteiger charge is 2.51. The number of carbonyl (C=O) groups is 1. The lowest BCUT2D eigenvalue weighted by Crippen LogP contribution is -2.40. The van der Waals surface area contributed by atoms with Crippen molar-refractivity contribution in [2.24, 2.45) is 0 Å². The summed E-state index contributed by atoms with van der Waals surface area (Å²) in [6, 6.07) is 3.81. The fraction of sp³-hybridized carbons (Fsp3) is 0.650. The van der Waals surface area contributed by atoms with Gasteiger partial charge < -0.3 is 5.32 Å². The molecule has 6 heteroatoms. The predicted octanol–water partition coefficient (Wildman–Crippen LogP) is 4.26. The molecule has 2 N–H and O–H groups in total. The molecule has 2 aliphatic carbocycles. The molecular formula is C20H28N2O3S. The number of hydrogen-bond donors (Lipinski definition) is 2. The first-order valence-corrected chi connectivity index (χ1v) is 11.4. The SMILES string of the molecule is CC(C)c1cc(NS(=O)(=O)C2CCCCC2)cc2c1NC(=O)C21CCC1. The Morgan fingerprint density at radius 2 is 1.81 bits per heavy atom. The molecule has 5 nitrogen and oxygen atoms in total. The molecule has 0 radical (unpaired) electrons. The highest BCUT2D eigenvalue weighted by molar-refractivity contribution is 7.93. The Bertz CT molecular complexity index is 835. The zero-order valence-electron chi connectivity index (χ0n) is 15.6. The zero-order chi connectivity index (χ0) is 18.5. The van der Waals surface area contributed by atoms with Gasteiger partial charge in [0, 0.05) is 11.4 Å². The van der Waals surface area contributed by atoms with Crippen LogP contribution in [0.4, 0.5) is 11.4 Å². The number of amides is 1. The van der Waals surface area contributed by atoms with Crippen LogP contribution in [-0.2, 0) is 20.2 Å². The average molecular weight is 377 g/mol. The van der Waals surface area contributed by atoms with Gasteiger partial charge in [-0.1, -0.05) is 39.5 Å². The number of hydrogen-bond acceptors (Lipinski definition) is 3. The molecule has 0 saturated heterocycles. The van der Waals surface area contributed by atoms with Crippen LogP contribution >= 0.6 is 0 Å². The first-order chi connectivity index (χ1) is 12.3. The van der Waals surface area contributed by atoms with Crippen LogP contribution in [0, 0.1) is 0 Å². The Hall–Kier alpha value is -1.56. The van der Waals surface area contributed by atoms with Crippen molar-refractivity contribution in [3.63, 3.8) is 0 Å². The predicted molar refractivity (Wildman–Crippen MR) is 104 cm³/mol. The van der Waals surface area contributed by atoms with Gasteiger partial charge in [0.25, 0.3) is 0 Å². The maximum Gasteiger partial charge on any atom is 0.235 e. The second-order valence-corrected chi connectivity index (χ2v) is 10.4. The molecule has 142 valence electrons. The van der Waals surface area contributed by atoms with Crippen molar-refractivity contribution in [1.82, 2.24) is 0 Å². The first-order valence-electron chi connectivity index (χ1n) is 9.85. The van der Waals surface area contributed by atoms with E-state index in [9.17, 15) is 13.2 Å². The van der Waals surface area contributed by atoms with E-state index < -0.39 is 15.4 Å². The Labute approximate surface area is 156 Å². The molecule has 0 atom stereocenters. The second-order valence-electron chi connectivity index (χ2n) is 8.44. The maximum atomic E-state index is 12.9. The molecule has 3 aliphatic rings. The first kappa shape index (κ1) is 17.8. The number of sulfonamides is 1. The van der Waals surface area contributed by atoms with Crippen LogP contribution < -0.4 is 10.0 Å². The summed E-state index contributed by atoms with van der Waals surface area (Å²) < 4.78 is 28.6. The minimum absolute atomic E-state index is 0.0768. The van der Waals surface area contributed by atoms with Gasteiger partial charge in [0.1, 0.15) is 0 Å². The van der Waals surface area contributed by atoms with Crippen LogP contribution in [0.3, 0.4) is 0 Å². The zero-order valence-corrected chi connectivity index (χ0v) is 16.4. The molecule has 1 spiro atoms. The van der Waals surface area contributed by atoms with Gasteiger partial charge in [0.15, 0.2) is 0 Å². The van der Waals surface area contributed by atoms with Crippen LogP contribution in [0.5, 0.6) is 0 Å². The third-order valence-electron chi connectivity index (χ3n) is 6.44. The van der Waals surface area contributed by atoms with Crippen molar-refractivity contribution in [2.45, 2.75) is 81.8 Å². The second kappa shape index (κ2) is 6.25. The van der Waals surface area contributed by atoms with Crippen molar-refractivity contribution >= 4 is 27.3 Å². The van der Waals surface area contributed by atoms with E-state index in [0.717, 1.165) is 68.2 Å². The molecule has 1 aromatic rings. The van der Waals surface area contributed by atoms with Gasteiger partial charge in [-0.3, -0.25) is 9.52 Å². The molecule has 0 aromatic heterocycles. The molecule has 1 amide bonds. The molecular weight excluding hydrogens is 348 g/mol. The molecule has 2 fully saturated rings. The van der Waals surface area contributed by atoms with E-state index in [2.05, 4.69) is 23.9 Å². The number of anilines is 2. The Morgan fingerprint density at radius 1 is 1.12 bits per heavy atom. The fourth-order valence-corrected chi connectivity index (χ4v) is 6.27. The van der Waals surface area contributed by atoms with Crippen LogP contribution in [0.15, 0.2) is 12.1 Å².